The summed E-state index contributed by atoms with van der Waals surface area (Å²) in [5.41, 5.74) is 3.30. The van der Waals surface area contributed by atoms with E-state index in [0.29, 0.717) is 0 Å². The molecule has 0 unspecified atom stereocenters. The Morgan fingerprint density at radius 3 is 2.87 bits per heavy atom. The highest BCUT2D eigenvalue weighted by molar-refractivity contribution is 5.79. The van der Waals surface area contributed by atoms with Gasteiger partial charge in [0.25, 0.3) is 0 Å². The molecule has 0 N–H and O–H groups in total. The molecule has 0 fully saturated rings. The molecule has 0 heterocycles. The van der Waals surface area contributed by atoms with Crippen molar-refractivity contribution in [2.45, 2.75) is 32.6 Å². The lowest BCUT2D eigenvalue weighted by Crippen LogP contribution is -2.00. The van der Waals surface area contributed by atoms with Crippen molar-refractivity contribution in [1.29, 1.82) is 0 Å². The molecule has 1 aliphatic carbocycles. The maximum atomic E-state index is 10.9. The second kappa shape index (κ2) is 4.47. The minimum atomic E-state index is 0.757. The van der Waals surface area contributed by atoms with Crippen LogP contribution in [0.4, 0.5) is 0 Å². The topological polar surface area (TPSA) is 26.3 Å². The maximum Gasteiger partial charge on any atom is 0.150 e. The number of hydrogen-bond acceptors (Lipinski definition) is 2. The number of fused-ring (bicyclic) bond motifs is 1. The quantitative estimate of drug-likeness (QED) is 0.705. The Bertz CT molecular complexity index is 369. The highest BCUT2D eigenvalue weighted by atomic mass is 16.5. The standard InChI is InChI=1S/C13H16O2/c1-2-8-15-13-7-6-10(9-14)11-4-3-5-12(11)13/h6-7,9H,2-5,8H2,1H3. The first-order valence-electron chi connectivity index (χ1n) is 5.59. The predicted octanol–water partition coefficient (Wildman–Crippen LogP) is 2.78. The van der Waals surface area contributed by atoms with Crippen LogP contribution in [0, 0.1) is 0 Å². The van der Waals surface area contributed by atoms with Gasteiger partial charge in [0.15, 0.2) is 0 Å². The molecule has 2 heteroatoms. The molecule has 15 heavy (non-hydrogen) atoms. The van der Waals surface area contributed by atoms with Crippen molar-refractivity contribution in [1.82, 2.24) is 0 Å². The molecule has 0 atom stereocenters. The minimum absolute atomic E-state index is 0.757. The van der Waals surface area contributed by atoms with Gasteiger partial charge >= 0.3 is 0 Å². The van der Waals surface area contributed by atoms with Crippen molar-refractivity contribution < 1.29 is 9.53 Å². The van der Waals surface area contributed by atoms with Crippen LogP contribution in [-0.2, 0) is 12.8 Å². The Morgan fingerprint density at radius 1 is 1.33 bits per heavy atom. The summed E-state index contributed by atoms with van der Waals surface area (Å²) in [6, 6.07) is 3.81. The van der Waals surface area contributed by atoms with Crippen LogP contribution in [0.2, 0.25) is 0 Å². The van der Waals surface area contributed by atoms with Crippen LogP contribution in [0.15, 0.2) is 12.1 Å². The molecule has 80 valence electrons. The molecule has 0 saturated carbocycles. The van der Waals surface area contributed by atoms with Gasteiger partial charge in [-0.1, -0.05) is 6.92 Å². The Labute approximate surface area is 90.3 Å². The number of carbonyl (C=O) groups is 1. The second-order valence-corrected chi connectivity index (χ2v) is 3.93. The fourth-order valence-corrected chi connectivity index (χ4v) is 2.16. The summed E-state index contributed by atoms with van der Waals surface area (Å²) in [7, 11) is 0. The average Bonchev–Trinajstić information content (AvgIpc) is 2.74. The van der Waals surface area contributed by atoms with Gasteiger partial charge in [-0.2, -0.15) is 0 Å². The monoisotopic (exact) mass is 204 g/mol. The molecule has 0 radical (unpaired) electrons. The molecule has 0 bridgehead atoms. The number of ether oxygens (including phenoxy) is 1. The van der Waals surface area contributed by atoms with Gasteiger partial charge in [-0.3, -0.25) is 4.79 Å². The summed E-state index contributed by atoms with van der Waals surface area (Å²) >= 11 is 0. The Morgan fingerprint density at radius 2 is 2.13 bits per heavy atom. The highest BCUT2D eigenvalue weighted by Gasteiger charge is 2.18. The van der Waals surface area contributed by atoms with Gasteiger partial charge in [-0.25, -0.2) is 0 Å². The van der Waals surface area contributed by atoms with Crippen LogP contribution < -0.4 is 4.74 Å². The van der Waals surface area contributed by atoms with E-state index >= 15 is 0 Å². The van der Waals surface area contributed by atoms with Gasteiger partial charge < -0.3 is 4.74 Å². The van der Waals surface area contributed by atoms with Crippen LogP contribution in [0.25, 0.3) is 0 Å². The van der Waals surface area contributed by atoms with Crippen molar-refractivity contribution in [3.63, 3.8) is 0 Å². The van der Waals surface area contributed by atoms with E-state index in [0.717, 1.165) is 49.9 Å². The minimum Gasteiger partial charge on any atom is -0.493 e. The lowest BCUT2D eigenvalue weighted by atomic mass is 10.0. The fourth-order valence-electron chi connectivity index (χ4n) is 2.16. The van der Waals surface area contributed by atoms with E-state index in [1.54, 1.807) is 0 Å². The van der Waals surface area contributed by atoms with Crippen molar-refractivity contribution >= 4 is 6.29 Å². The van der Waals surface area contributed by atoms with Gasteiger partial charge in [0.05, 0.1) is 6.61 Å². The van der Waals surface area contributed by atoms with E-state index in [1.807, 2.05) is 12.1 Å². The van der Waals surface area contributed by atoms with Crippen molar-refractivity contribution in [2.24, 2.45) is 0 Å². The van der Waals surface area contributed by atoms with Gasteiger partial charge in [0, 0.05) is 5.56 Å². The van der Waals surface area contributed by atoms with Crippen molar-refractivity contribution in [3.05, 3.63) is 28.8 Å². The Balaban J connectivity index is 2.33. The number of rotatable bonds is 4. The summed E-state index contributed by atoms with van der Waals surface area (Å²) in [5, 5.41) is 0. The van der Waals surface area contributed by atoms with E-state index in [-0.39, 0.29) is 0 Å². The number of benzene rings is 1. The van der Waals surface area contributed by atoms with E-state index in [2.05, 4.69) is 6.92 Å². The fraction of sp³-hybridized carbons (Fsp3) is 0.462. The van der Waals surface area contributed by atoms with Crippen LogP contribution in [0.1, 0.15) is 41.3 Å². The van der Waals surface area contributed by atoms with Gasteiger partial charge in [-0.15, -0.1) is 0 Å². The molecule has 0 amide bonds. The zero-order valence-electron chi connectivity index (χ0n) is 9.08. The lowest BCUT2D eigenvalue weighted by Gasteiger charge is -2.11. The molecule has 0 saturated heterocycles. The van der Waals surface area contributed by atoms with Gasteiger partial charge in [0.2, 0.25) is 0 Å². The summed E-state index contributed by atoms with van der Waals surface area (Å²) in [6.45, 7) is 2.85. The molecule has 1 aromatic carbocycles. The SMILES string of the molecule is CCCOc1ccc(C=O)c2c1CCC2. The largest absolute Gasteiger partial charge is 0.493 e. The molecule has 1 aliphatic rings. The Hall–Kier alpha value is -1.31. The highest BCUT2D eigenvalue weighted by Crippen LogP contribution is 2.32. The number of hydrogen-bond donors (Lipinski definition) is 0. The van der Waals surface area contributed by atoms with E-state index < -0.39 is 0 Å². The number of aldehydes is 1. The van der Waals surface area contributed by atoms with Crippen LogP contribution in [-0.4, -0.2) is 12.9 Å². The first-order valence-corrected chi connectivity index (χ1v) is 5.59. The molecular weight excluding hydrogens is 188 g/mol. The van der Waals surface area contributed by atoms with Crippen molar-refractivity contribution in [3.8, 4) is 5.75 Å². The molecule has 1 aromatic rings. The first-order chi connectivity index (χ1) is 7.36. The molecule has 0 spiro atoms. The lowest BCUT2D eigenvalue weighted by molar-refractivity contribution is 0.112. The summed E-state index contributed by atoms with van der Waals surface area (Å²) in [5.74, 6) is 0.981. The smallest absolute Gasteiger partial charge is 0.150 e. The summed E-state index contributed by atoms with van der Waals surface area (Å²) in [4.78, 5) is 10.9. The maximum absolute atomic E-state index is 10.9. The zero-order chi connectivity index (χ0) is 10.7. The molecule has 2 rings (SSSR count). The molecular formula is C13H16O2. The van der Waals surface area contributed by atoms with Crippen LogP contribution >= 0.6 is 0 Å². The normalized spacial score (nSPS) is 13.7. The Kier molecular flexibility index (Phi) is 3.05. The first kappa shape index (κ1) is 10.2. The third kappa shape index (κ3) is 1.89. The molecule has 0 aliphatic heterocycles. The van der Waals surface area contributed by atoms with Crippen LogP contribution in [0.5, 0.6) is 5.75 Å². The third-order valence-electron chi connectivity index (χ3n) is 2.87. The second-order valence-electron chi connectivity index (χ2n) is 3.93. The van der Waals surface area contributed by atoms with Crippen molar-refractivity contribution in [2.75, 3.05) is 6.61 Å². The van der Waals surface area contributed by atoms with E-state index in [9.17, 15) is 4.79 Å². The number of carbonyl (C=O) groups excluding carboxylic acids is 1. The predicted molar refractivity (Wildman–Crippen MR) is 59.6 cm³/mol. The summed E-state index contributed by atoms with van der Waals surface area (Å²) < 4.78 is 5.68. The van der Waals surface area contributed by atoms with Gasteiger partial charge in [-0.05, 0) is 48.9 Å². The van der Waals surface area contributed by atoms with Crippen LogP contribution in [0.3, 0.4) is 0 Å². The summed E-state index contributed by atoms with van der Waals surface area (Å²) in [6.07, 6.45) is 5.18. The van der Waals surface area contributed by atoms with E-state index in [1.165, 1.54) is 11.1 Å². The zero-order valence-corrected chi connectivity index (χ0v) is 9.08. The molecule has 0 aromatic heterocycles. The average molecular weight is 204 g/mol. The molecule has 2 nitrogen and oxygen atoms in total. The third-order valence-corrected chi connectivity index (χ3v) is 2.87. The van der Waals surface area contributed by atoms with Gasteiger partial charge in [0.1, 0.15) is 12.0 Å². The van der Waals surface area contributed by atoms with E-state index in [4.69, 9.17) is 4.74 Å².